The van der Waals surface area contributed by atoms with E-state index >= 15 is 0 Å². The molecule has 0 saturated heterocycles. The van der Waals surface area contributed by atoms with Crippen LogP contribution in [-0.2, 0) is 0 Å². The molecule has 2 aromatic rings. The van der Waals surface area contributed by atoms with E-state index in [2.05, 4.69) is 62.1 Å². The fraction of sp³-hybridized carbons (Fsp3) is 0.333. The van der Waals surface area contributed by atoms with Gasteiger partial charge in [0.05, 0.1) is 6.10 Å². The van der Waals surface area contributed by atoms with Crippen LogP contribution in [0.1, 0.15) is 28.4 Å². The second kappa shape index (κ2) is 6.10. The molecule has 0 aliphatic heterocycles. The van der Waals surface area contributed by atoms with Gasteiger partial charge in [-0.3, -0.25) is 0 Å². The summed E-state index contributed by atoms with van der Waals surface area (Å²) in [4.78, 5) is 2.08. The Morgan fingerprint density at radius 1 is 0.950 bits per heavy atom. The number of aliphatic hydroxyl groups is 1. The predicted octanol–water partition coefficient (Wildman–Crippen LogP) is 3.78. The van der Waals surface area contributed by atoms with E-state index in [1.54, 1.807) is 0 Å². The molecule has 1 atom stereocenters. The van der Waals surface area contributed by atoms with Gasteiger partial charge in [-0.1, -0.05) is 35.9 Å². The fourth-order valence-electron chi connectivity index (χ4n) is 2.24. The van der Waals surface area contributed by atoms with Crippen LogP contribution in [0.4, 0.5) is 5.69 Å². The summed E-state index contributed by atoms with van der Waals surface area (Å²) in [7, 11) is 2.01. The van der Waals surface area contributed by atoms with Gasteiger partial charge in [-0.15, -0.1) is 0 Å². The van der Waals surface area contributed by atoms with Gasteiger partial charge in [-0.05, 0) is 49.6 Å². The van der Waals surface area contributed by atoms with Crippen molar-refractivity contribution in [2.75, 3.05) is 18.5 Å². The number of aryl methyl sites for hydroxylation is 3. The zero-order valence-corrected chi connectivity index (χ0v) is 12.7. The maximum Gasteiger partial charge on any atom is 0.0964 e. The highest BCUT2D eigenvalue weighted by Crippen LogP contribution is 2.21. The van der Waals surface area contributed by atoms with Gasteiger partial charge in [0.25, 0.3) is 0 Å². The quantitative estimate of drug-likeness (QED) is 0.913. The minimum Gasteiger partial charge on any atom is -0.387 e. The highest BCUT2D eigenvalue weighted by molar-refractivity contribution is 5.47. The Hall–Kier alpha value is -1.80. The first-order valence-electron chi connectivity index (χ1n) is 7.00. The summed E-state index contributed by atoms with van der Waals surface area (Å²) < 4.78 is 0. The lowest BCUT2D eigenvalue weighted by atomic mass is 10.0. The Morgan fingerprint density at radius 2 is 1.60 bits per heavy atom. The lowest BCUT2D eigenvalue weighted by molar-refractivity contribution is 0.185. The fourth-order valence-corrected chi connectivity index (χ4v) is 2.24. The standard InChI is InChI=1S/C18H23NO/c1-13-5-9-17(10-6-13)19(4)12-18(20)16-8-7-14(2)15(3)11-16/h5-11,18,20H,12H2,1-4H3. The van der Waals surface area contributed by atoms with Crippen molar-refractivity contribution in [3.8, 4) is 0 Å². The minimum absolute atomic E-state index is 0.472. The largest absolute Gasteiger partial charge is 0.387 e. The van der Waals surface area contributed by atoms with E-state index in [-0.39, 0.29) is 0 Å². The third-order valence-corrected chi connectivity index (χ3v) is 3.84. The summed E-state index contributed by atoms with van der Waals surface area (Å²) in [5, 5.41) is 10.4. The van der Waals surface area contributed by atoms with Crippen LogP contribution < -0.4 is 4.90 Å². The van der Waals surface area contributed by atoms with E-state index < -0.39 is 6.10 Å². The van der Waals surface area contributed by atoms with E-state index in [0.29, 0.717) is 6.54 Å². The lowest BCUT2D eigenvalue weighted by Gasteiger charge is -2.23. The molecule has 20 heavy (non-hydrogen) atoms. The predicted molar refractivity (Wildman–Crippen MR) is 85.3 cm³/mol. The first-order valence-corrected chi connectivity index (χ1v) is 7.00. The number of nitrogens with zero attached hydrogens (tertiary/aromatic N) is 1. The molecule has 2 aromatic carbocycles. The van der Waals surface area contributed by atoms with Crippen LogP contribution in [0.2, 0.25) is 0 Å². The second-order valence-corrected chi connectivity index (χ2v) is 5.58. The minimum atomic E-state index is -0.472. The van der Waals surface area contributed by atoms with Gasteiger partial charge >= 0.3 is 0 Å². The van der Waals surface area contributed by atoms with Gasteiger partial charge in [0, 0.05) is 19.3 Å². The molecule has 1 unspecified atom stereocenters. The van der Waals surface area contributed by atoms with Gasteiger partial charge in [0.2, 0.25) is 0 Å². The molecule has 106 valence electrons. The zero-order valence-electron chi connectivity index (χ0n) is 12.7. The van der Waals surface area contributed by atoms with Gasteiger partial charge in [-0.2, -0.15) is 0 Å². The SMILES string of the molecule is Cc1ccc(N(C)CC(O)c2ccc(C)c(C)c2)cc1. The summed E-state index contributed by atoms with van der Waals surface area (Å²) in [5.41, 5.74) is 5.83. The molecule has 0 spiro atoms. The third-order valence-electron chi connectivity index (χ3n) is 3.84. The van der Waals surface area contributed by atoms with E-state index in [1.165, 1.54) is 16.7 Å². The number of hydrogen-bond acceptors (Lipinski definition) is 2. The lowest BCUT2D eigenvalue weighted by Crippen LogP contribution is -2.24. The molecule has 1 N–H and O–H groups in total. The van der Waals surface area contributed by atoms with Crippen molar-refractivity contribution in [2.45, 2.75) is 26.9 Å². The molecule has 0 bridgehead atoms. The van der Waals surface area contributed by atoms with E-state index in [1.807, 2.05) is 13.1 Å². The molecule has 0 amide bonds. The average Bonchev–Trinajstić information content (AvgIpc) is 2.42. The number of likely N-dealkylation sites (N-methyl/N-ethyl adjacent to an activating group) is 1. The summed E-state index contributed by atoms with van der Waals surface area (Å²) in [6.07, 6.45) is -0.472. The molecule has 0 fully saturated rings. The van der Waals surface area contributed by atoms with Crippen LogP contribution in [0.15, 0.2) is 42.5 Å². The molecule has 0 aromatic heterocycles. The van der Waals surface area contributed by atoms with E-state index in [4.69, 9.17) is 0 Å². The van der Waals surface area contributed by atoms with Gasteiger partial charge < -0.3 is 10.0 Å². The monoisotopic (exact) mass is 269 g/mol. The van der Waals surface area contributed by atoms with Crippen molar-refractivity contribution in [1.29, 1.82) is 0 Å². The van der Waals surface area contributed by atoms with Crippen LogP contribution in [0.25, 0.3) is 0 Å². The van der Waals surface area contributed by atoms with Crippen LogP contribution in [0.3, 0.4) is 0 Å². The van der Waals surface area contributed by atoms with Crippen LogP contribution in [-0.4, -0.2) is 18.7 Å². The van der Waals surface area contributed by atoms with Crippen molar-refractivity contribution in [1.82, 2.24) is 0 Å². The topological polar surface area (TPSA) is 23.5 Å². The van der Waals surface area contributed by atoms with Crippen LogP contribution >= 0.6 is 0 Å². The number of rotatable bonds is 4. The number of aliphatic hydroxyl groups excluding tert-OH is 1. The van der Waals surface area contributed by atoms with Gasteiger partial charge in [0.15, 0.2) is 0 Å². The Kier molecular flexibility index (Phi) is 4.46. The first-order chi connectivity index (χ1) is 9.47. The van der Waals surface area contributed by atoms with E-state index in [9.17, 15) is 5.11 Å². The maximum atomic E-state index is 10.4. The Morgan fingerprint density at radius 3 is 2.20 bits per heavy atom. The highest BCUT2D eigenvalue weighted by Gasteiger charge is 2.12. The summed E-state index contributed by atoms with van der Waals surface area (Å²) in [6.45, 7) is 6.83. The number of hydrogen-bond donors (Lipinski definition) is 1. The van der Waals surface area contributed by atoms with Crippen LogP contribution in [0.5, 0.6) is 0 Å². The molecule has 2 nitrogen and oxygen atoms in total. The molecule has 0 aliphatic rings. The Bertz CT molecular complexity index is 574. The molecule has 0 saturated carbocycles. The van der Waals surface area contributed by atoms with E-state index in [0.717, 1.165) is 11.3 Å². The number of benzene rings is 2. The third kappa shape index (κ3) is 3.40. The summed E-state index contributed by atoms with van der Waals surface area (Å²) >= 11 is 0. The Labute approximate surface area is 121 Å². The van der Waals surface area contributed by atoms with Gasteiger partial charge in [0.1, 0.15) is 0 Å². The normalized spacial score (nSPS) is 12.2. The Balaban J connectivity index is 2.08. The second-order valence-electron chi connectivity index (χ2n) is 5.58. The molecule has 2 rings (SSSR count). The first kappa shape index (κ1) is 14.6. The summed E-state index contributed by atoms with van der Waals surface area (Å²) in [5.74, 6) is 0. The molecular weight excluding hydrogens is 246 g/mol. The highest BCUT2D eigenvalue weighted by atomic mass is 16.3. The maximum absolute atomic E-state index is 10.4. The molecule has 2 heteroatoms. The van der Waals surface area contributed by atoms with Crippen molar-refractivity contribution >= 4 is 5.69 Å². The smallest absolute Gasteiger partial charge is 0.0964 e. The molecule has 0 radical (unpaired) electrons. The molecular formula is C18H23NO. The molecule has 0 heterocycles. The summed E-state index contributed by atoms with van der Waals surface area (Å²) in [6, 6.07) is 14.5. The average molecular weight is 269 g/mol. The van der Waals surface area contributed by atoms with Crippen molar-refractivity contribution < 1.29 is 5.11 Å². The van der Waals surface area contributed by atoms with Crippen molar-refractivity contribution in [3.63, 3.8) is 0 Å². The van der Waals surface area contributed by atoms with Crippen LogP contribution in [0, 0.1) is 20.8 Å². The zero-order chi connectivity index (χ0) is 14.7. The van der Waals surface area contributed by atoms with Crippen molar-refractivity contribution in [3.05, 3.63) is 64.7 Å². The van der Waals surface area contributed by atoms with Gasteiger partial charge in [-0.25, -0.2) is 0 Å². The molecule has 0 aliphatic carbocycles. The van der Waals surface area contributed by atoms with Crippen molar-refractivity contribution in [2.24, 2.45) is 0 Å². The number of anilines is 1.